The maximum atomic E-state index is 13.4. The van der Waals surface area contributed by atoms with E-state index in [1.807, 2.05) is 0 Å². The van der Waals surface area contributed by atoms with Crippen molar-refractivity contribution < 1.29 is 22.7 Å². The Hall–Kier alpha value is -2.78. The predicted molar refractivity (Wildman–Crippen MR) is 133 cm³/mol. The third-order valence-electron chi connectivity index (χ3n) is 4.50. The number of benzene rings is 3. The molecular formula is C23H19Cl3N2O5S. The second-order valence-corrected chi connectivity index (χ2v) is 10.1. The number of esters is 1. The molecule has 0 aliphatic rings. The highest BCUT2D eigenvalue weighted by Crippen LogP contribution is 2.30. The van der Waals surface area contributed by atoms with E-state index >= 15 is 0 Å². The monoisotopic (exact) mass is 540 g/mol. The Morgan fingerprint density at radius 1 is 0.941 bits per heavy atom. The summed E-state index contributed by atoms with van der Waals surface area (Å²) in [7, 11) is -4.14. The molecule has 0 aliphatic heterocycles. The molecule has 0 unspecified atom stereocenters. The number of sulfonamides is 1. The molecular weight excluding hydrogens is 523 g/mol. The first kappa shape index (κ1) is 25.8. The van der Waals surface area contributed by atoms with Gasteiger partial charge in [-0.3, -0.25) is 9.10 Å². The Morgan fingerprint density at radius 3 is 2.18 bits per heavy atom. The summed E-state index contributed by atoms with van der Waals surface area (Å²) in [6.07, 6.45) is 0. The van der Waals surface area contributed by atoms with Gasteiger partial charge in [0.25, 0.3) is 10.0 Å². The molecule has 3 aromatic rings. The van der Waals surface area contributed by atoms with Crippen LogP contribution in [0.4, 0.5) is 11.4 Å². The number of hydrogen-bond acceptors (Lipinski definition) is 5. The van der Waals surface area contributed by atoms with Crippen molar-refractivity contribution in [1.29, 1.82) is 0 Å². The number of amides is 1. The summed E-state index contributed by atoms with van der Waals surface area (Å²) >= 11 is 18.3. The van der Waals surface area contributed by atoms with Crippen LogP contribution >= 0.6 is 34.8 Å². The van der Waals surface area contributed by atoms with E-state index in [-0.39, 0.29) is 43.5 Å². The number of ether oxygens (including phenoxy) is 1. The van der Waals surface area contributed by atoms with Crippen LogP contribution in [0, 0.1) is 0 Å². The molecule has 0 bridgehead atoms. The lowest BCUT2D eigenvalue weighted by Crippen LogP contribution is -2.38. The minimum absolute atomic E-state index is 0.0132. The third-order valence-corrected chi connectivity index (χ3v) is 7.04. The molecule has 1 amide bonds. The Bertz CT molecular complexity index is 1300. The van der Waals surface area contributed by atoms with E-state index in [9.17, 15) is 18.0 Å². The number of carbonyl (C=O) groups excluding carboxylic acids is 2. The molecule has 34 heavy (non-hydrogen) atoms. The second-order valence-electron chi connectivity index (χ2n) is 6.92. The first-order valence-electron chi connectivity index (χ1n) is 9.92. The van der Waals surface area contributed by atoms with Gasteiger partial charge in [0.15, 0.2) is 0 Å². The first-order valence-corrected chi connectivity index (χ1v) is 12.5. The Kier molecular flexibility index (Phi) is 8.43. The van der Waals surface area contributed by atoms with Gasteiger partial charge in [0.1, 0.15) is 6.54 Å². The molecule has 1 N–H and O–H groups in total. The van der Waals surface area contributed by atoms with E-state index in [2.05, 4.69) is 5.32 Å². The number of hydrogen-bond donors (Lipinski definition) is 1. The minimum atomic E-state index is -4.14. The van der Waals surface area contributed by atoms with Crippen molar-refractivity contribution in [3.63, 3.8) is 0 Å². The standard InChI is InChI=1S/C23H19Cl3N2O5S/c1-2-33-23(30)20-9-8-17(13-21(20)26)27-22(29)14-28(18-11-15(24)10-16(25)12-18)34(31,32)19-6-4-3-5-7-19/h3-13H,2,14H2,1H3,(H,27,29). The van der Waals surface area contributed by atoms with Gasteiger partial charge in [-0.05, 0) is 55.5 Å². The highest BCUT2D eigenvalue weighted by molar-refractivity contribution is 7.92. The molecule has 0 aliphatic carbocycles. The Morgan fingerprint density at radius 2 is 1.59 bits per heavy atom. The highest BCUT2D eigenvalue weighted by Gasteiger charge is 2.28. The number of rotatable bonds is 8. The van der Waals surface area contributed by atoms with Crippen molar-refractivity contribution >= 4 is 68.1 Å². The smallest absolute Gasteiger partial charge is 0.339 e. The molecule has 0 saturated heterocycles. The number of anilines is 2. The Balaban J connectivity index is 1.90. The van der Waals surface area contributed by atoms with E-state index in [4.69, 9.17) is 39.5 Å². The summed E-state index contributed by atoms with van der Waals surface area (Å²) in [5, 5.41) is 3.07. The summed E-state index contributed by atoms with van der Waals surface area (Å²) in [6, 6.07) is 16.1. The zero-order chi connectivity index (χ0) is 24.9. The third kappa shape index (κ3) is 6.21. The van der Waals surface area contributed by atoms with Gasteiger partial charge < -0.3 is 10.1 Å². The molecule has 7 nitrogen and oxygen atoms in total. The lowest BCUT2D eigenvalue weighted by Gasteiger charge is -2.24. The molecule has 178 valence electrons. The summed E-state index contributed by atoms with van der Waals surface area (Å²) in [6.45, 7) is 1.28. The largest absolute Gasteiger partial charge is 0.462 e. The average Bonchev–Trinajstić information content (AvgIpc) is 2.77. The van der Waals surface area contributed by atoms with Gasteiger partial charge >= 0.3 is 5.97 Å². The van der Waals surface area contributed by atoms with Gasteiger partial charge in [-0.2, -0.15) is 0 Å². The number of carbonyl (C=O) groups is 2. The van der Waals surface area contributed by atoms with E-state index in [1.54, 1.807) is 25.1 Å². The molecule has 3 aromatic carbocycles. The molecule has 0 heterocycles. The molecule has 0 saturated carbocycles. The summed E-state index contributed by atoms with van der Waals surface area (Å²) in [5.41, 5.74) is 0.528. The fourth-order valence-electron chi connectivity index (χ4n) is 3.02. The van der Waals surface area contributed by atoms with Crippen molar-refractivity contribution in [2.24, 2.45) is 0 Å². The van der Waals surface area contributed by atoms with Crippen LogP contribution in [-0.4, -0.2) is 33.4 Å². The average molecular weight is 542 g/mol. The van der Waals surface area contributed by atoms with E-state index in [0.29, 0.717) is 0 Å². The van der Waals surface area contributed by atoms with Gasteiger partial charge in [0, 0.05) is 15.7 Å². The van der Waals surface area contributed by atoms with Crippen LogP contribution in [0.3, 0.4) is 0 Å². The van der Waals surface area contributed by atoms with Crippen LogP contribution in [0.5, 0.6) is 0 Å². The van der Waals surface area contributed by atoms with Crippen LogP contribution < -0.4 is 9.62 Å². The van der Waals surface area contributed by atoms with Gasteiger partial charge in [-0.25, -0.2) is 13.2 Å². The van der Waals surface area contributed by atoms with E-state index < -0.39 is 28.4 Å². The number of nitrogens with zero attached hydrogens (tertiary/aromatic N) is 1. The van der Waals surface area contributed by atoms with Crippen LogP contribution in [0.2, 0.25) is 15.1 Å². The number of halogens is 3. The normalized spacial score (nSPS) is 11.1. The van der Waals surface area contributed by atoms with Gasteiger partial charge in [0.05, 0.1) is 27.8 Å². The SMILES string of the molecule is CCOC(=O)c1ccc(NC(=O)CN(c2cc(Cl)cc(Cl)c2)S(=O)(=O)c2ccccc2)cc1Cl. The lowest BCUT2D eigenvalue weighted by molar-refractivity contribution is -0.114. The Labute approximate surface area is 212 Å². The topological polar surface area (TPSA) is 92.8 Å². The molecule has 0 radical (unpaired) electrons. The quantitative estimate of drug-likeness (QED) is 0.372. The van der Waals surface area contributed by atoms with Crippen molar-refractivity contribution in [2.45, 2.75) is 11.8 Å². The first-order chi connectivity index (χ1) is 16.1. The fraction of sp³-hybridized carbons (Fsp3) is 0.130. The van der Waals surface area contributed by atoms with E-state index in [1.165, 1.54) is 48.5 Å². The van der Waals surface area contributed by atoms with Gasteiger partial charge in [-0.1, -0.05) is 53.0 Å². The molecule has 0 aromatic heterocycles. The lowest BCUT2D eigenvalue weighted by atomic mass is 10.2. The molecule has 0 atom stereocenters. The zero-order valence-electron chi connectivity index (χ0n) is 17.8. The summed E-state index contributed by atoms with van der Waals surface area (Å²) < 4.78 is 32.6. The van der Waals surface area contributed by atoms with Crippen LogP contribution in [0.25, 0.3) is 0 Å². The fourth-order valence-corrected chi connectivity index (χ4v) is 5.21. The van der Waals surface area contributed by atoms with Gasteiger partial charge in [0.2, 0.25) is 5.91 Å². The summed E-state index contributed by atoms with van der Waals surface area (Å²) in [5.74, 6) is -1.25. The second kappa shape index (κ2) is 11.1. The maximum Gasteiger partial charge on any atom is 0.339 e. The molecule has 3 rings (SSSR count). The maximum absolute atomic E-state index is 13.4. The molecule has 0 fully saturated rings. The highest BCUT2D eigenvalue weighted by atomic mass is 35.5. The van der Waals surface area contributed by atoms with Crippen molar-refractivity contribution in [3.05, 3.63) is 87.4 Å². The van der Waals surface area contributed by atoms with Crippen LogP contribution in [0.1, 0.15) is 17.3 Å². The van der Waals surface area contributed by atoms with Crippen molar-refractivity contribution in [3.8, 4) is 0 Å². The summed E-state index contributed by atoms with van der Waals surface area (Å²) in [4.78, 5) is 24.8. The molecule has 11 heteroatoms. The van der Waals surface area contributed by atoms with E-state index in [0.717, 1.165) is 4.31 Å². The zero-order valence-corrected chi connectivity index (χ0v) is 20.9. The minimum Gasteiger partial charge on any atom is -0.462 e. The van der Waals surface area contributed by atoms with Gasteiger partial charge in [-0.15, -0.1) is 0 Å². The van der Waals surface area contributed by atoms with Crippen LogP contribution in [0.15, 0.2) is 71.6 Å². The van der Waals surface area contributed by atoms with Crippen molar-refractivity contribution in [2.75, 3.05) is 22.8 Å². The molecule has 0 spiro atoms. The predicted octanol–water partition coefficient (Wildman–Crippen LogP) is 5.66. The number of nitrogens with one attached hydrogen (secondary N) is 1. The van der Waals surface area contributed by atoms with Crippen LogP contribution in [-0.2, 0) is 19.6 Å². The van der Waals surface area contributed by atoms with Crippen molar-refractivity contribution in [1.82, 2.24) is 0 Å².